The van der Waals surface area contributed by atoms with E-state index in [-0.39, 0.29) is 17.1 Å². The zero-order valence-corrected chi connectivity index (χ0v) is 18.0. The Morgan fingerprint density at radius 1 is 0.857 bits per heavy atom. The lowest BCUT2D eigenvalue weighted by Gasteiger charge is -2.16. The Morgan fingerprint density at radius 3 is 2.09 bits per heavy atom. The first kappa shape index (κ1) is 25.5. The van der Waals surface area contributed by atoms with Crippen molar-refractivity contribution in [3.63, 3.8) is 0 Å². The molecule has 0 spiro atoms. The molecule has 0 unspecified atom stereocenters. The molecule has 0 saturated heterocycles. The van der Waals surface area contributed by atoms with Gasteiger partial charge in [0, 0.05) is 18.7 Å². The minimum atomic E-state index is -4.77. The Kier molecular flexibility index (Phi) is 6.72. The monoisotopic (exact) mass is 498 g/mol. The van der Waals surface area contributed by atoms with E-state index < -0.39 is 52.1 Å². The zero-order chi connectivity index (χ0) is 26.1. The van der Waals surface area contributed by atoms with Gasteiger partial charge in [-0.3, -0.25) is 14.4 Å². The Labute approximate surface area is 193 Å². The van der Waals surface area contributed by atoms with Crippen LogP contribution in [-0.4, -0.2) is 21.6 Å². The fourth-order valence-corrected chi connectivity index (χ4v) is 3.08. The van der Waals surface area contributed by atoms with E-state index >= 15 is 0 Å². The van der Waals surface area contributed by atoms with Crippen molar-refractivity contribution >= 4 is 23.2 Å². The highest BCUT2D eigenvalue weighted by molar-refractivity contribution is 6.06. The normalized spacial score (nSPS) is 11.8. The first-order valence-electron chi connectivity index (χ1n) is 9.75. The number of hydrogen-bond donors (Lipinski definition) is 2. The summed E-state index contributed by atoms with van der Waals surface area (Å²) < 4.78 is 79.6. The fraction of sp³-hybridized carbons (Fsp3) is 0.182. The number of hydrogen-bond acceptors (Lipinski definition) is 4. The van der Waals surface area contributed by atoms with E-state index in [1.54, 1.807) is 0 Å². The van der Waals surface area contributed by atoms with Crippen LogP contribution in [0.15, 0.2) is 53.3 Å². The number of amides is 2. The van der Waals surface area contributed by atoms with Crippen molar-refractivity contribution in [3.05, 3.63) is 81.3 Å². The largest absolute Gasteiger partial charge is 0.416 e. The average Bonchev–Trinajstić information content (AvgIpc) is 2.73. The van der Waals surface area contributed by atoms with Crippen molar-refractivity contribution in [3.8, 4) is 5.69 Å². The van der Waals surface area contributed by atoms with E-state index in [1.165, 1.54) is 13.0 Å². The van der Waals surface area contributed by atoms with Crippen LogP contribution in [0.4, 0.5) is 37.7 Å². The Bertz CT molecular complexity index is 1360. The predicted molar refractivity (Wildman–Crippen MR) is 113 cm³/mol. The number of nitrogens with zero attached hydrogens (tertiary/aromatic N) is 2. The molecule has 0 bridgehead atoms. The minimum Gasteiger partial charge on any atom is -0.325 e. The summed E-state index contributed by atoms with van der Waals surface area (Å²) in [4.78, 5) is 36.6. The summed E-state index contributed by atoms with van der Waals surface area (Å²) in [5.74, 6) is -1.87. The lowest BCUT2D eigenvalue weighted by molar-refractivity contribution is -0.138. The molecule has 0 fully saturated rings. The summed E-state index contributed by atoms with van der Waals surface area (Å²) in [5.41, 5.74) is -4.50. The number of benzene rings is 2. The minimum absolute atomic E-state index is 0.101. The number of carbonyl (C=O) groups is 2. The highest BCUT2D eigenvalue weighted by Crippen LogP contribution is 2.34. The molecule has 1 aromatic heterocycles. The van der Waals surface area contributed by atoms with Crippen molar-refractivity contribution < 1.29 is 35.9 Å². The molecule has 3 aromatic rings. The molecule has 0 aliphatic heterocycles. The van der Waals surface area contributed by atoms with Crippen LogP contribution in [0, 0.1) is 6.92 Å². The number of anilines is 2. The number of carbonyl (C=O) groups excluding carboxylic acids is 2. The molecule has 0 aliphatic carbocycles. The third-order valence-electron chi connectivity index (χ3n) is 4.65. The molecule has 2 aromatic carbocycles. The van der Waals surface area contributed by atoms with E-state index in [1.807, 2.05) is 0 Å². The number of alkyl halides is 6. The van der Waals surface area contributed by atoms with Crippen LogP contribution in [0.1, 0.15) is 34.2 Å². The number of aryl methyl sites for hydroxylation is 1. The van der Waals surface area contributed by atoms with E-state index in [2.05, 4.69) is 15.7 Å². The van der Waals surface area contributed by atoms with Crippen molar-refractivity contribution in [1.29, 1.82) is 0 Å². The summed E-state index contributed by atoms with van der Waals surface area (Å²) in [6.45, 7) is 2.47. The summed E-state index contributed by atoms with van der Waals surface area (Å²) in [7, 11) is 0. The van der Waals surface area contributed by atoms with Gasteiger partial charge in [0.2, 0.25) is 11.3 Å². The van der Waals surface area contributed by atoms with Gasteiger partial charge < -0.3 is 10.6 Å². The summed E-state index contributed by atoms with van der Waals surface area (Å²) in [5, 5.41) is 8.21. The quantitative estimate of drug-likeness (QED) is 0.506. The average molecular weight is 498 g/mol. The topological polar surface area (TPSA) is 93.1 Å². The number of nitrogens with one attached hydrogen (secondary N) is 2. The molecule has 1 heterocycles. The molecule has 2 N–H and O–H groups in total. The second-order valence-electron chi connectivity index (χ2n) is 7.35. The van der Waals surface area contributed by atoms with Gasteiger partial charge in [0.15, 0.2) is 5.69 Å². The molecule has 35 heavy (non-hydrogen) atoms. The molecule has 0 atom stereocenters. The van der Waals surface area contributed by atoms with E-state index in [0.29, 0.717) is 12.1 Å². The van der Waals surface area contributed by atoms with Crippen LogP contribution in [-0.2, 0) is 17.1 Å². The summed E-state index contributed by atoms with van der Waals surface area (Å²) >= 11 is 0. The van der Waals surface area contributed by atoms with Gasteiger partial charge in [-0.05, 0) is 43.3 Å². The van der Waals surface area contributed by atoms with E-state index in [9.17, 15) is 40.7 Å². The van der Waals surface area contributed by atoms with Crippen molar-refractivity contribution in [1.82, 2.24) is 9.78 Å². The van der Waals surface area contributed by atoms with Crippen molar-refractivity contribution in [2.24, 2.45) is 0 Å². The number of rotatable bonds is 4. The van der Waals surface area contributed by atoms with Gasteiger partial charge in [-0.2, -0.15) is 31.4 Å². The SMILES string of the molecule is CC(=O)Nc1ccc(C(F)(F)F)cc1NC(=O)c1nn(-c2cccc(C(F)(F)F)c2)c(C)cc1=O. The van der Waals surface area contributed by atoms with Crippen LogP contribution >= 0.6 is 0 Å². The van der Waals surface area contributed by atoms with Gasteiger partial charge >= 0.3 is 12.4 Å². The molecule has 7 nitrogen and oxygen atoms in total. The van der Waals surface area contributed by atoms with Crippen LogP contribution in [0.25, 0.3) is 5.69 Å². The van der Waals surface area contributed by atoms with Crippen LogP contribution in [0.2, 0.25) is 0 Å². The van der Waals surface area contributed by atoms with Crippen LogP contribution in [0.3, 0.4) is 0 Å². The first-order valence-corrected chi connectivity index (χ1v) is 9.75. The molecule has 184 valence electrons. The Morgan fingerprint density at radius 2 is 1.49 bits per heavy atom. The second kappa shape index (κ2) is 9.24. The second-order valence-corrected chi connectivity index (χ2v) is 7.35. The van der Waals surface area contributed by atoms with E-state index in [0.717, 1.165) is 41.9 Å². The number of aromatic nitrogens is 2. The lowest BCUT2D eigenvalue weighted by Crippen LogP contribution is -2.27. The predicted octanol–water partition coefficient (Wildman–Crippen LogP) is 4.79. The summed E-state index contributed by atoms with van der Waals surface area (Å²) in [6, 6.07) is 7.07. The van der Waals surface area contributed by atoms with Gasteiger partial charge in [0.1, 0.15) is 0 Å². The standard InChI is InChI=1S/C22H16F6N4O3/c1-11-8-18(34)19(31-32(11)15-5-3-4-13(9-15)21(23,24)25)20(35)30-17-10-14(22(26,27)28)6-7-16(17)29-12(2)33/h3-10H,1-2H3,(H,29,33)(H,30,35). The molecule has 2 amide bonds. The summed E-state index contributed by atoms with van der Waals surface area (Å²) in [6.07, 6.45) is -9.43. The highest BCUT2D eigenvalue weighted by atomic mass is 19.4. The van der Waals surface area contributed by atoms with Gasteiger partial charge in [-0.15, -0.1) is 0 Å². The third-order valence-corrected chi connectivity index (χ3v) is 4.65. The van der Waals surface area contributed by atoms with E-state index in [4.69, 9.17) is 0 Å². The fourth-order valence-electron chi connectivity index (χ4n) is 3.08. The van der Waals surface area contributed by atoms with Crippen LogP contribution in [0.5, 0.6) is 0 Å². The molecule has 0 radical (unpaired) electrons. The van der Waals surface area contributed by atoms with Gasteiger partial charge in [0.25, 0.3) is 5.91 Å². The van der Waals surface area contributed by atoms with Crippen LogP contribution < -0.4 is 16.1 Å². The maximum atomic E-state index is 13.1. The maximum Gasteiger partial charge on any atom is 0.416 e. The van der Waals surface area contributed by atoms with Crippen molar-refractivity contribution in [2.75, 3.05) is 10.6 Å². The number of halogens is 6. The van der Waals surface area contributed by atoms with Crippen molar-refractivity contribution in [2.45, 2.75) is 26.2 Å². The zero-order valence-electron chi connectivity index (χ0n) is 18.0. The highest BCUT2D eigenvalue weighted by Gasteiger charge is 2.32. The third kappa shape index (κ3) is 5.86. The smallest absolute Gasteiger partial charge is 0.325 e. The van der Waals surface area contributed by atoms with Gasteiger partial charge in [0.05, 0.1) is 28.2 Å². The van der Waals surface area contributed by atoms with Gasteiger partial charge in [-0.1, -0.05) is 6.07 Å². The molecule has 3 rings (SSSR count). The molecular formula is C22H16F6N4O3. The Hall–Kier alpha value is -4.16. The molecular weight excluding hydrogens is 482 g/mol. The first-order chi connectivity index (χ1) is 16.2. The molecule has 0 aliphatic rings. The molecule has 0 saturated carbocycles. The Balaban J connectivity index is 2.05. The maximum absolute atomic E-state index is 13.1. The lowest BCUT2D eigenvalue weighted by atomic mass is 10.1. The van der Waals surface area contributed by atoms with Gasteiger partial charge in [-0.25, -0.2) is 4.68 Å². The molecule has 13 heteroatoms.